The molecule has 0 saturated heterocycles. The van der Waals surface area contributed by atoms with Gasteiger partial charge >= 0.3 is 0 Å². The second-order valence-corrected chi connectivity index (χ2v) is 6.11. The Balaban J connectivity index is 2.24. The SMILES string of the molecule is CC(c1ccc(Cl)cc1)N(C)c1ccc(CN)c(Br)c1. The van der Waals surface area contributed by atoms with Crippen LogP contribution in [0.3, 0.4) is 0 Å². The maximum atomic E-state index is 5.94. The average Bonchev–Trinajstić information content (AvgIpc) is 2.46. The predicted molar refractivity (Wildman–Crippen MR) is 90.3 cm³/mol. The molecule has 0 aliphatic carbocycles. The van der Waals surface area contributed by atoms with Crippen LogP contribution in [-0.4, -0.2) is 7.05 Å². The molecule has 2 aromatic carbocycles. The van der Waals surface area contributed by atoms with Crippen molar-refractivity contribution in [1.29, 1.82) is 0 Å². The number of hydrogen-bond donors (Lipinski definition) is 1. The maximum Gasteiger partial charge on any atom is 0.0511 e. The monoisotopic (exact) mass is 352 g/mol. The molecule has 106 valence electrons. The predicted octanol–water partition coefficient (Wildman–Crippen LogP) is 4.76. The van der Waals surface area contributed by atoms with Crippen molar-refractivity contribution < 1.29 is 0 Å². The zero-order chi connectivity index (χ0) is 14.7. The van der Waals surface area contributed by atoms with Crippen LogP contribution in [0.5, 0.6) is 0 Å². The van der Waals surface area contributed by atoms with Gasteiger partial charge in [0.2, 0.25) is 0 Å². The molecule has 0 amide bonds. The molecule has 0 aliphatic heterocycles. The van der Waals surface area contributed by atoms with Crippen molar-refractivity contribution in [1.82, 2.24) is 0 Å². The van der Waals surface area contributed by atoms with E-state index in [0.29, 0.717) is 6.54 Å². The molecule has 0 radical (unpaired) electrons. The highest BCUT2D eigenvalue weighted by molar-refractivity contribution is 9.10. The van der Waals surface area contributed by atoms with E-state index in [1.807, 2.05) is 12.1 Å². The van der Waals surface area contributed by atoms with Crippen LogP contribution in [0.2, 0.25) is 5.02 Å². The van der Waals surface area contributed by atoms with Crippen LogP contribution >= 0.6 is 27.5 Å². The van der Waals surface area contributed by atoms with Crippen molar-refractivity contribution in [2.24, 2.45) is 5.73 Å². The van der Waals surface area contributed by atoms with Gasteiger partial charge in [-0.3, -0.25) is 0 Å². The lowest BCUT2D eigenvalue weighted by Crippen LogP contribution is -2.21. The van der Waals surface area contributed by atoms with E-state index in [-0.39, 0.29) is 6.04 Å². The summed E-state index contributed by atoms with van der Waals surface area (Å²) >= 11 is 9.50. The average molecular weight is 354 g/mol. The Morgan fingerprint density at radius 3 is 2.40 bits per heavy atom. The van der Waals surface area contributed by atoms with E-state index in [4.69, 9.17) is 17.3 Å². The summed E-state index contributed by atoms with van der Waals surface area (Å²) in [6, 6.07) is 14.5. The Morgan fingerprint density at radius 2 is 1.85 bits per heavy atom. The lowest BCUT2D eigenvalue weighted by atomic mass is 10.1. The zero-order valence-electron chi connectivity index (χ0n) is 11.6. The number of nitrogens with two attached hydrogens (primary N) is 1. The van der Waals surface area contributed by atoms with Crippen LogP contribution in [-0.2, 0) is 6.54 Å². The highest BCUT2D eigenvalue weighted by Crippen LogP contribution is 2.29. The van der Waals surface area contributed by atoms with E-state index in [1.54, 1.807) is 0 Å². The van der Waals surface area contributed by atoms with Gasteiger partial charge in [-0.05, 0) is 42.3 Å². The molecule has 2 aromatic rings. The van der Waals surface area contributed by atoms with Gasteiger partial charge in [0.15, 0.2) is 0 Å². The van der Waals surface area contributed by atoms with Gasteiger partial charge in [-0.1, -0.05) is 45.7 Å². The fourth-order valence-electron chi connectivity index (χ4n) is 2.11. The molecule has 2 nitrogen and oxygen atoms in total. The summed E-state index contributed by atoms with van der Waals surface area (Å²) in [5.41, 5.74) is 9.18. The molecule has 0 spiro atoms. The molecule has 0 aromatic heterocycles. The number of halogens is 2. The number of benzene rings is 2. The molecule has 0 bridgehead atoms. The fourth-order valence-corrected chi connectivity index (χ4v) is 2.76. The van der Waals surface area contributed by atoms with E-state index in [9.17, 15) is 0 Å². The van der Waals surface area contributed by atoms with E-state index in [0.717, 1.165) is 20.7 Å². The van der Waals surface area contributed by atoms with Gasteiger partial charge in [0.1, 0.15) is 0 Å². The lowest BCUT2D eigenvalue weighted by Gasteiger charge is -2.28. The van der Waals surface area contributed by atoms with Gasteiger partial charge in [0.25, 0.3) is 0 Å². The van der Waals surface area contributed by atoms with Crippen LogP contribution in [0.4, 0.5) is 5.69 Å². The summed E-state index contributed by atoms with van der Waals surface area (Å²) in [7, 11) is 2.09. The maximum absolute atomic E-state index is 5.94. The third-order valence-corrected chi connectivity index (χ3v) is 4.59. The van der Waals surface area contributed by atoms with Gasteiger partial charge in [0.05, 0.1) is 6.04 Å². The Bertz CT molecular complexity index is 584. The molecule has 0 heterocycles. The molecule has 0 fully saturated rings. The van der Waals surface area contributed by atoms with E-state index >= 15 is 0 Å². The molecule has 2 N–H and O–H groups in total. The highest BCUT2D eigenvalue weighted by atomic mass is 79.9. The minimum Gasteiger partial charge on any atom is -0.368 e. The first-order chi connectivity index (χ1) is 9.52. The standard InChI is InChI=1S/C16H18BrClN2/c1-11(12-3-6-14(18)7-4-12)20(2)15-8-5-13(10-19)16(17)9-15/h3-9,11H,10,19H2,1-2H3. The molecule has 0 saturated carbocycles. The molecule has 20 heavy (non-hydrogen) atoms. The van der Waals surface area contributed by atoms with Crippen LogP contribution in [0, 0.1) is 0 Å². The van der Waals surface area contributed by atoms with E-state index in [1.165, 1.54) is 5.56 Å². The highest BCUT2D eigenvalue weighted by Gasteiger charge is 2.13. The Hall–Kier alpha value is -1.03. The summed E-state index contributed by atoms with van der Waals surface area (Å²) in [5.74, 6) is 0. The number of hydrogen-bond acceptors (Lipinski definition) is 2. The van der Waals surface area contributed by atoms with Gasteiger partial charge in [-0.25, -0.2) is 0 Å². The van der Waals surface area contributed by atoms with Crippen molar-refractivity contribution in [3.63, 3.8) is 0 Å². The molecule has 4 heteroatoms. The first-order valence-electron chi connectivity index (χ1n) is 6.49. The van der Waals surface area contributed by atoms with Crippen LogP contribution < -0.4 is 10.6 Å². The summed E-state index contributed by atoms with van der Waals surface area (Å²) in [4.78, 5) is 2.23. The van der Waals surface area contributed by atoms with Gasteiger partial charge in [-0.2, -0.15) is 0 Å². The van der Waals surface area contributed by atoms with Crippen LogP contribution in [0.1, 0.15) is 24.1 Å². The minimum atomic E-state index is 0.267. The smallest absolute Gasteiger partial charge is 0.0511 e. The first kappa shape index (κ1) is 15.4. The van der Waals surface area contributed by atoms with Gasteiger partial charge in [-0.15, -0.1) is 0 Å². The second-order valence-electron chi connectivity index (χ2n) is 4.82. The Morgan fingerprint density at radius 1 is 1.20 bits per heavy atom. The molecular formula is C16H18BrClN2. The van der Waals surface area contributed by atoms with Crippen molar-refractivity contribution in [2.45, 2.75) is 19.5 Å². The van der Waals surface area contributed by atoms with E-state index in [2.05, 4.69) is 65.1 Å². The summed E-state index contributed by atoms with van der Waals surface area (Å²) in [6.07, 6.45) is 0. The first-order valence-corrected chi connectivity index (χ1v) is 7.67. The minimum absolute atomic E-state index is 0.267. The van der Waals surface area contributed by atoms with Gasteiger partial charge in [0, 0.05) is 28.8 Å². The van der Waals surface area contributed by atoms with Crippen molar-refractivity contribution in [2.75, 3.05) is 11.9 Å². The van der Waals surface area contributed by atoms with E-state index < -0.39 is 0 Å². The third kappa shape index (κ3) is 3.35. The second kappa shape index (κ2) is 6.61. The molecule has 0 aliphatic rings. The lowest BCUT2D eigenvalue weighted by molar-refractivity contribution is 0.739. The molecular weight excluding hydrogens is 336 g/mol. The topological polar surface area (TPSA) is 29.3 Å². The normalized spacial score (nSPS) is 12.2. The Kier molecular flexibility index (Phi) is 5.08. The summed E-state index contributed by atoms with van der Waals surface area (Å²) < 4.78 is 1.05. The summed E-state index contributed by atoms with van der Waals surface area (Å²) in [6.45, 7) is 2.71. The summed E-state index contributed by atoms with van der Waals surface area (Å²) in [5, 5.41) is 0.763. The number of nitrogens with zero attached hydrogens (tertiary/aromatic N) is 1. The molecule has 2 rings (SSSR count). The fraction of sp³-hybridized carbons (Fsp3) is 0.250. The van der Waals surface area contributed by atoms with Gasteiger partial charge < -0.3 is 10.6 Å². The number of anilines is 1. The molecule has 1 atom stereocenters. The van der Waals surface area contributed by atoms with Crippen LogP contribution in [0.25, 0.3) is 0 Å². The quantitative estimate of drug-likeness (QED) is 0.858. The Labute approximate surface area is 133 Å². The zero-order valence-corrected chi connectivity index (χ0v) is 13.9. The van der Waals surface area contributed by atoms with Crippen molar-refractivity contribution in [3.8, 4) is 0 Å². The third-order valence-electron chi connectivity index (χ3n) is 3.60. The largest absolute Gasteiger partial charge is 0.368 e. The van der Waals surface area contributed by atoms with Crippen molar-refractivity contribution >= 4 is 33.2 Å². The number of rotatable bonds is 4. The molecule has 1 unspecified atom stereocenters. The van der Waals surface area contributed by atoms with Crippen molar-refractivity contribution in [3.05, 3.63) is 63.1 Å². The van der Waals surface area contributed by atoms with Crippen LogP contribution in [0.15, 0.2) is 46.9 Å².